The van der Waals surface area contributed by atoms with Gasteiger partial charge in [-0.25, -0.2) is 0 Å². The van der Waals surface area contributed by atoms with E-state index in [1.54, 1.807) is 13.8 Å². The van der Waals surface area contributed by atoms with E-state index in [1.807, 2.05) is 25.1 Å². The summed E-state index contributed by atoms with van der Waals surface area (Å²) >= 11 is 0. The van der Waals surface area contributed by atoms with Crippen molar-refractivity contribution in [1.29, 1.82) is 0 Å². The van der Waals surface area contributed by atoms with E-state index in [9.17, 15) is 4.79 Å². The van der Waals surface area contributed by atoms with E-state index in [0.29, 0.717) is 12.8 Å². The predicted octanol–water partition coefficient (Wildman–Crippen LogP) is 2.16. The normalized spacial score (nSPS) is 12.7. The minimum absolute atomic E-state index is 0. The topological polar surface area (TPSA) is 63.3 Å². The molecule has 1 aromatic rings. The standard InChI is InChI=1S/C14H20NO2.Y/c1-10-4-6-11(7-5-10)8-12(15)9-14(2,3)13(16)17;/h4,6-7,12H,8-9,15H2,1-3H3,(H,16,17);/q-1;. The van der Waals surface area contributed by atoms with Crippen molar-refractivity contribution in [2.75, 3.05) is 0 Å². The van der Waals surface area contributed by atoms with Gasteiger partial charge in [0.2, 0.25) is 0 Å². The molecule has 18 heavy (non-hydrogen) atoms. The zero-order valence-corrected chi connectivity index (χ0v) is 14.1. The fourth-order valence-electron chi connectivity index (χ4n) is 1.78. The van der Waals surface area contributed by atoms with Gasteiger partial charge in [0.25, 0.3) is 0 Å². The Balaban J connectivity index is 0.00000289. The predicted molar refractivity (Wildman–Crippen MR) is 67.7 cm³/mol. The van der Waals surface area contributed by atoms with Crippen LogP contribution in [0.4, 0.5) is 0 Å². The van der Waals surface area contributed by atoms with Gasteiger partial charge in [-0.15, -0.1) is 0 Å². The molecule has 0 heterocycles. The largest absolute Gasteiger partial charge is 0.481 e. The summed E-state index contributed by atoms with van der Waals surface area (Å²) in [4.78, 5) is 11.0. The van der Waals surface area contributed by atoms with Gasteiger partial charge >= 0.3 is 5.97 Å². The zero-order valence-electron chi connectivity index (χ0n) is 11.2. The molecule has 0 amide bonds. The molecule has 3 nitrogen and oxygen atoms in total. The van der Waals surface area contributed by atoms with Crippen molar-refractivity contribution in [1.82, 2.24) is 0 Å². The first-order valence-corrected chi connectivity index (χ1v) is 5.77. The second kappa shape index (κ2) is 7.37. The molecule has 3 N–H and O–H groups in total. The fourth-order valence-corrected chi connectivity index (χ4v) is 1.78. The monoisotopic (exact) mass is 323 g/mol. The number of hydrogen-bond donors (Lipinski definition) is 2. The number of nitrogens with two attached hydrogens (primary N) is 1. The average Bonchev–Trinajstić information content (AvgIpc) is 2.20. The molecule has 0 spiro atoms. The van der Waals surface area contributed by atoms with Gasteiger partial charge in [0.1, 0.15) is 0 Å². The van der Waals surface area contributed by atoms with Crippen molar-refractivity contribution in [3.8, 4) is 0 Å². The van der Waals surface area contributed by atoms with Crippen molar-refractivity contribution >= 4 is 5.97 Å². The number of carboxylic acids is 1. The van der Waals surface area contributed by atoms with E-state index in [2.05, 4.69) is 6.07 Å². The van der Waals surface area contributed by atoms with E-state index in [-0.39, 0.29) is 38.8 Å². The quantitative estimate of drug-likeness (QED) is 0.816. The summed E-state index contributed by atoms with van der Waals surface area (Å²) < 4.78 is 0. The Bertz CT molecular complexity index is 387. The van der Waals surface area contributed by atoms with Gasteiger partial charge in [0, 0.05) is 32.7 Å². The maximum atomic E-state index is 11.0. The molecule has 1 radical (unpaired) electrons. The second-order valence-corrected chi connectivity index (χ2v) is 5.24. The minimum Gasteiger partial charge on any atom is -0.481 e. The van der Waals surface area contributed by atoms with E-state index in [1.165, 1.54) is 0 Å². The summed E-state index contributed by atoms with van der Waals surface area (Å²) in [5.74, 6) is -0.802. The number of carbonyl (C=O) groups is 1. The van der Waals surface area contributed by atoms with Crippen LogP contribution in [0.3, 0.4) is 0 Å². The summed E-state index contributed by atoms with van der Waals surface area (Å²) in [6.45, 7) is 5.39. The molecule has 1 unspecified atom stereocenters. The molecular weight excluding hydrogens is 303 g/mol. The molecule has 1 rings (SSSR count). The van der Waals surface area contributed by atoms with E-state index in [4.69, 9.17) is 10.8 Å². The van der Waals surface area contributed by atoms with Crippen molar-refractivity contribution in [2.45, 2.75) is 39.7 Å². The molecule has 0 aliphatic heterocycles. The van der Waals surface area contributed by atoms with Crippen molar-refractivity contribution in [2.24, 2.45) is 11.1 Å². The summed E-state index contributed by atoms with van der Waals surface area (Å²) in [5, 5.41) is 9.03. The molecule has 0 aromatic heterocycles. The summed E-state index contributed by atoms with van der Waals surface area (Å²) in [6.07, 6.45) is 1.16. The van der Waals surface area contributed by atoms with E-state index < -0.39 is 11.4 Å². The van der Waals surface area contributed by atoms with Crippen LogP contribution in [0.2, 0.25) is 0 Å². The van der Waals surface area contributed by atoms with Crippen LogP contribution >= 0.6 is 0 Å². The van der Waals surface area contributed by atoms with Gasteiger partial charge in [-0.3, -0.25) is 4.79 Å². The zero-order chi connectivity index (χ0) is 13.1. The second-order valence-electron chi connectivity index (χ2n) is 5.24. The molecule has 4 heteroatoms. The summed E-state index contributed by atoms with van der Waals surface area (Å²) in [5.41, 5.74) is 7.41. The van der Waals surface area contributed by atoms with E-state index >= 15 is 0 Å². The molecule has 0 aliphatic rings. The molecule has 0 saturated heterocycles. The van der Waals surface area contributed by atoms with Crippen LogP contribution in [-0.4, -0.2) is 17.1 Å². The Morgan fingerprint density at radius 3 is 2.56 bits per heavy atom. The minimum atomic E-state index is -0.802. The van der Waals surface area contributed by atoms with Gasteiger partial charge in [0.15, 0.2) is 0 Å². The molecule has 0 aliphatic carbocycles. The van der Waals surface area contributed by atoms with E-state index in [0.717, 1.165) is 11.1 Å². The Morgan fingerprint density at radius 2 is 2.11 bits per heavy atom. The Labute approximate surface area is 134 Å². The number of aliphatic carboxylic acids is 1. The number of hydrogen-bond acceptors (Lipinski definition) is 2. The van der Waals surface area contributed by atoms with Crippen LogP contribution in [0, 0.1) is 18.4 Å². The number of aryl methyl sites for hydroxylation is 1. The molecule has 1 atom stereocenters. The Morgan fingerprint density at radius 1 is 1.50 bits per heavy atom. The first-order chi connectivity index (χ1) is 7.81. The molecular formula is C14H20NO2Y-. The third kappa shape index (κ3) is 5.60. The molecule has 0 fully saturated rings. The number of rotatable bonds is 5. The third-order valence-electron chi connectivity index (χ3n) is 2.88. The van der Waals surface area contributed by atoms with Crippen LogP contribution in [0.25, 0.3) is 0 Å². The summed E-state index contributed by atoms with van der Waals surface area (Å²) in [6, 6.07) is 8.90. The average molecular weight is 323 g/mol. The van der Waals surface area contributed by atoms with Crippen LogP contribution in [0.5, 0.6) is 0 Å². The van der Waals surface area contributed by atoms with Gasteiger partial charge < -0.3 is 10.8 Å². The SMILES string of the molecule is Cc1[c-]cc(CC(N)CC(C)(C)C(=O)O)cc1.[Y]. The maximum Gasteiger partial charge on any atom is 0.309 e. The van der Waals surface area contributed by atoms with Crippen molar-refractivity contribution in [3.05, 3.63) is 35.4 Å². The van der Waals surface area contributed by atoms with Crippen LogP contribution in [-0.2, 0) is 43.9 Å². The molecule has 0 bridgehead atoms. The van der Waals surface area contributed by atoms with Gasteiger partial charge in [-0.1, -0.05) is 13.3 Å². The van der Waals surface area contributed by atoms with Gasteiger partial charge in [0.05, 0.1) is 5.41 Å². The van der Waals surface area contributed by atoms with Crippen molar-refractivity contribution < 1.29 is 42.6 Å². The molecule has 1 aromatic carbocycles. The number of carboxylic acid groups (broad SMARTS) is 1. The molecule has 97 valence electrons. The van der Waals surface area contributed by atoms with Crippen LogP contribution < -0.4 is 5.73 Å². The van der Waals surface area contributed by atoms with Crippen molar-refractivity contribution in [3.63, 3.8) is 0 Å². The van der Waals surface area contributed by atoms with Crippen LogP contribution in [0.1, 0.15) is 31.4 Å². The Kier molecular flexibility index (Phi) is 7.27. The summed E-state index contributed by atoms with van der Waals surface area (Å²) in [7, 11) is 0. The van der Waals surface area contributed by atoms with Crippen LogP contribution in [0.15, 0.2) is 18.2 Å². The van der Waals surface area contributed by atoms with Gasteiger partial charge in [-0.2, -0.15) is 35.4 Å². The molecule has 0 saturated carbocycles. The maximum absolute atomic E-state index is 11.0. The third-order valence-corrected chi connectivity index (χ3v) is 2.88. The number of benzene rings is 1. The smallest absolute Gasteiger partial charge is 0.309 e. The first kappa shape index (κ1) is 17.8. The first-order valence-electron chi connectivity index (χ1n) is 5.77. The fraction of sp³-hybridized carbons (Fsp3) is 0.500. The van der Waals surface area contributed by atoms with Gasteiger partial charge in [-0.05, 0) is 26.3 Å². The Hall–Kier alpha value is -0.246.